The van der Waals surface area contributed by atoms with Crippen LogP contribution >= 0.6 is 22.9 Å². The number of para-hydroxylation sites is 1. The maximum Gasteiger partial charge on any atom is 0.260 e. The highest BCUT2D eigenvalue weighted by molar-refractivity contribution is 7.90. The largest absolute Gasteiger partial charge is 0.309 e. The van der Waals surface area contributed by atoms with Gasteiger partial charge in [-0.1, -0.05) is 29.0 Å². The lowest BCUT2D eigenvalue weighted by Gasteiger charge is -2.21. The number of hydrogen-bond acceptors (Lipinski definition) is 6. The van der Waals surface area contributed by atoms with Gasteiger partial charge in [-0.05, 0) is 63.5 Å². The van der Waals surface area contributed by atoms with E-state index in [1.165, 1.54) is 35.6 Å². The summed E-state index contributed by atoms with van der Waals surface area (Å²) in [6.07, 6.45) is 1.91. The van der Waals surface area contributed by atoms with Crippen LogP contribution in [0, 0.1) is 0 Å². The first-order valence-corrected chi connectivity index (χ1v) is 12.1. The standard InChI is InChI=1S/C20H22ClN3O3S2/c1-23(2)12-5-13-24(20-22-18-16(21)6-4-7-17(18)28-20)19(25)14-8-10-15(11-9-14)29(3,26)27/h4,6-11H,5,12-13H2,1-3H3. The Morgan fingerprint density at radius 2 is 1.79 bits per heavy atom. The summed E-state index contributed by atoms with van der Waals surface area (Å²) in [6.45, 7) is 1.31. The van der Waals surface area contributed by atoms with Crippen molar-refractivity contribution in [3.63, 3.8) is 0 Å². The quantitative estimate of drug-likeness (QED) is 0.544. The van der Waals surface area contributed by atoms with Gasteiger partial charge in [0.1, 0.15) is 5.52 Å². The maximum atomic E-state index is 13.2. The first-order valence-electron chi connectivity index (χ1n) is 8.98. The summed E-state index contributed by atoms with van der Waals surface area (Å²) >= 11 is 7.66. The van der Waals surface area contributed by atoms with Gasteiger partial charge in [0, 0.05) is 18.4 Å². The van der Waals surface area contributed by atoms with Crippen molar-refractivity contribution in [2.45, 2.75) is 11.3 Å². The third-order valence-corrected chi connectivity index (χ3v) is 6.83. The zero-order valence-electron chi connectivity index (χ0n) is 16.4. The minimum Gasteiger partial charge on any atom is -0.309 e. The first-order chi connectivity index (χ1) is 13.7. The van der Waals surface area contributed by atoms with Crippen LogP contribution in [0.4, 0.5) is 5.13 Å². The lowest BCUT2D eigenvalue weighted by molar-refractivity contribution is 0.0986. The molecule has 0 aliphatic rings. The van der Waals surface area contributed by atoms with Crippen molar-refractivity contribution >= 4 is 54.0 Å². The Hall–Kier alpha value is -2.00. The Morgan fingerprint density at radius 1 is 1.10 bits per heavy atom. The minimum atomic E-state index is -3.32. The molecule has 0 aliphatic heterocycles. The molecular formula is C20H22ClN3O3S2. The van der Waals surface area contributed by atoms with Crippen molar-refractivity contribution in [2.24, 2.45) is 0 Å². The number of hydrogen-bond donors (Lipinski definition) is 0. The van der Waals surface area contributed by atoms with Gasteiger partial charge in [-0.15, -0.1) is 0 Å². The molecule has 1 heterocycles. The van der Waals surface area contributed by atoms with Crippen LogP contribution in [0.2, 0.25) is 5.02 Å². The summed E-state index contributed by atoms with van der Waals surface area (Å²) < 4.78 is 24.3. The van der Waals surface area contributed by atoms with Crippen molar-refractivity contribution in [3.8, 4) is 0 Å². The van der Waals surface area contributed by atoms with Gasteiger partial charge in [0.15, 0.2) is 15.0 Å². The Bertz CT molecular complexity index is 1130. The molecule has 0 aliphatic carbocycles. The van der Waals surface area contributed by atoms with E-state index in [2.05, 4.69) is 9.88 Å². The molecule has 3 rings (SSSR count). The predicted molar refractivity (Wildman–Crippen MR) is 119 cm³/mol. The molecule has 0 saturated carbocycles. The second-order valence-electron chi connectivity index (χ2n) is 6.99. The Labute approximate surface area is 179 Å². The van der Waals surface area contributed by atoms with Crippen LogP contribution in [-0.4, -0.2) is 57.6 Å². The highest BCUT2D eigenvalue weighted by Crippen LogP contribution is 2.33. The van der Waals surface area contributed by atoms with Crippen LogP contribution in [0.1, 0.15) is 16.8 Å². The molecule has 0 spiro atoms. The number of anilines is 1. The van der Waals surface area contributed by atoms with E-state index in [4.69, 9.17) is 11.6 Å². The molecule has 6 nitrogen and oxygen atoms in total. The zero-order chi connectivity index (χ0) is 21.2. The zero-order valence-corrected chi connectivity index (χ0v) is 18.8. The molecule has 29 heavy (non-hydrogen) atoms. The van der Waals surface area contributed by atoms with Gasteiger partial charge >= 0.3 is 0 Å². The molecule has 3 aromatic rings. The molecule has 0 fully saturated rings. The minimum absolute atomic E-state index is 0.181. The van der Waals surface area contributed by atoms with E-state index in [1.807, 2.05) is 26.2 Å². The summed E-state index contributed by atoms with van der Waals surface area (Å²) in [5.74, 6) is -0.223. The molecule has 0 atom stereocenters. The van der Waals surface area contributed by atoms with Crippen molar-refractivity contribution in [3.05, 3.63) is 53.1 Å². The lowest BCUT2D eigenvalue weighted by Crippen LogP contribution is -2.33. The van der Waals surface area contributed by atoms with Crippen LogP contribution in [-0.2, 0) is 9.84 Å². The first kappa shape index (κ1) is 21.7. The molecule has 0 radical (unpaired) electrons. The molecule has 154 valence electrons. The van der Waals surface area contributed by atoms with Crippen LogP contribution in [0.3, 0.4) is 0 Å². The van der Waals surface area contributed by atoms with Crippen LogP contribution in [0.25, 0.3) is 10.2 Å². The Kier molecular flexibility index (Phi) is 6.58. The van der Waals surface area contributed by atoms with Gasteiger partial charge in [-0.25, -0.2) is 13.4 Å². The summed E-state index contributed by atoms with van der Waals surface area (Å²) in [7, 11) is 0.641. The summed E-state index contributed by atoms with van der Waals surface area (Å²) in [6, 6.07) is 11.5. The number of sulfone groups is 1. The van der Waals surface area contributed by atoms with Gasteiger partial charge in [-0.3, -0.25) is 9.69 Å². The lowest BCUT2D eigenvalue weighted by atomic mass is 10.2. The molecule has 2 aromatic carbocycles. The summed E-state index contributed by atoms with van der Waals surface area (Å²) in [5, 5.41) is 1.12. The fourth-order valence-corrected chi connectivity index (χ4v) is 4.77. The van der Waals surface area contributed by atoms with E-state index in [1.54, 1.807) is 11.0 Å². The SMILES string of the molecule is CN(C)CCCN(C(=O)c1ccc(S(C)(=O)=O)cc1)c1nc2c(Cl)cccc2s1. The van der Waals surface area contributed by atoms with E-state index in [0.29, 0.717) is 27.8 Å². The second-order valence-corrected chi connectivity index (χ2v) is 10.4. The number of benzene rings is 2. The molecule has 9 heteroatoms. The number of halogens is 1. The molecule has 0 N–H and O–H groups in total. The number of aromatic nitrogens is 1. The number of nitrogens with zero attached hydrogens (tertiary/aromatic N) is 3. The highest BCUT2D eigenvalue weighted by Gasteiger charge is 2.22. The van der Waals surface area contributed by atoms with Crippen molar-refractivity contribution in [1.82, 2.24) is 9.88 Å². The van der Waals surface area contributed by atoms with Gasteiger partial charge in [0.25, 0.3) is 5.91 Å². The van der Waals surface area contributed by atoms with Gasteiger partial charge < -0.3 is 4.90 Å². The average Bonchev–Trinajstić information content (AvgIpc) is 3.09. The van der Waals surface area contributed by atoms with Gasteiger partial charge in [0.2, 0.25) is 0 Å². The van der Waals surface area contributed by atoms with Crippen LogP contribution in [0.5, 0.6) is 0 Å². The molecule has 1 amide bonds. The molecule has 0 saturated heterocycles. The van der Waals surface area contributed by atoms with E-state index >= 15 is 0 Å². The van der Waals surface area contributed by atoms with Gasteiger partial charge in [-0.2, -0.15) is 0 Å². The fraction of sp³-hybridized carbons (Fsp3) is 0.300. The van der Waals surface area contributed by atoms with Crippen molar-refractivity contribution < 1.29 is 13.2 Å². The molecular weight excluding hydrogens is 430 g/mol. The van der Waals surface area contributed by atoms with Crippen LogP contribution < -0.4 is 4.90 Å². The van der Waals surface area contributed by atoms with E-state index < -0.39 is 9.84 Å². The number of fused-ring (bicyclic) bond motifs is 1. The molecule has 1 aromatic heterocycles. The Morgan fingerprint density at radius 3 is 2.38 bits per heavy atom. The normalized spacial score (nSPS) is 11.9. The topological polar surface area (TPSA) is 70.6 Å². The monoisotopic (exact) mass is 451 g/mol. The number of rotatable bonds is 7. The summed E-state index contributed by atoms with van der Waals surface area (Å²) in [5.41, 5.74) is 1.08. The number of carbonyl (C=O) groups is 1. The summed E-state index contributed by atoms with van der Waals surface area (Å²) in [4.78, 5) is 21.7. The van der Waals surface area contributed by atoms with E-state index in [-0.39, 0.29) is 10.8 Å². The van der Waals surface area contributed by atoms with E-state index in [9.17, 15) is 13.2 Å². The fourth-order valence-electron chi connectivity index (χ4n) is 2.85. The number of amides is 1. The third kappa shape index (κ3) is 5.14. The third-order valence-electron chi connectivity index (χ3n) is 4.35. The maximum absolute atomic E-state index is 13.2. The second kappa shape index (κ2) is 8.79. The number of thiazole rings is 1. The smallest absolute Gasteiger partial charge is 0.260 e. The molecule has 0 bridgehead atoms. The predicted octanol–water partition coefficient (Wildman–Crippen LogP) is 3.95. The Balaban J connectivity index is 1.95. The number of carbonyl (C=O) groups excluding carboxylic acids is 1. The highest BCUT2D eigenvalue weighted by atomic mass is 35.5. The average molecular weight is 452 g/mol. The van der Waals surface area contributed by atoms with Gasteiger partial charge in [0.05, 0.1) is 14.6 Å². The molecule has 0 unspecified atom stereocenters. The van der Waals surface area contributed by atoms with E-state index in [0.717, 1.165) is 23.9 Å². The van der Waals surface area contributed by atoms with Crippen molar-refractivity contribution in [2.75, 3.05) is 38.3 Å². The van der Waals surface area contributed by atoms with Crippen molar-refractivity contribution in [1.29, 1.82) is 0 Å². The van der Waals surface area contributed by atoms with Crippen LogP contribution in [0.15, 0.2) is 47.4 Å².